The second-order valence-electron chi connectivity index (χ2n) is 10.0. The Labute approximate surface area is 219 Å². The molecule has 10 heteroatoms. The number of hydrogen-bond acceptors (Lipinski definition) is 6. The number of anilines is 2. The maximum Gasteiger partial charge on any atom is 0.227 e. The van der Waals surface area contributed by atoms with Crippen LogP contribution in [0.2, 0.25) is 0 Å². The summed E-state index contributed by atoms with van der Waals surface area (Å²) in [7, 11) is 0. The van der Waals surface area contributed by atoms with Crippen LogP contribution in [0, 0.1) is 29.2 Å². The average molecular weight is 530 g/mol. The van der Waals surface area contributed by atoms with Crippen LogP contribution in [-0.2, 0) is 6.54 Å². The number of rotatable bonds is 7. The summed E-state index contributed by atoms with van der Waals surface area (Å²) >= 11 is 0. The van der Waals surface area contributed by atoms with Gasteiger partial charge < -0.3 is 15.3 Å². The van der Waals surface area contributed by atoms with E-state index < -0.39 is 23.3 Å². The van der Waals surface area contributed by atoms with Crippen molar-refractivity contribution in [1.82, 2.24) is 14.9 Å². The van der Waals surface area contributed by atoms with Crippen LogP contribution in [0.3, 0.4) is 0 Å². The van der Waals surface area contributed by atoms with Crippen LogP contribution >= 0.6 is 0 Å². The Morgan fingerprint density at radius 2 is 1.63 bits per heavy atom. The summed E-state index contributed by atoms with van der Waals surface area (Å²) in [6.45, 7) is 3.65. The van der Waals surface area contributed by atoms with Gasteiger partial charge in [-0.05, 0) is 56.3 Å². The third-order valence-corrected chi connectivity index (χ3v) is 7.53. The van der Waals surface area contributed by atoms with Gasteiger partial charge in [0.25, 0.3) is 0 Å². The van der Waals surface area contributed by atoms with Crippen molar-refractivity contribution < 1.29 is 22.7 Å². The van der Waals surface area contributed by atoms with E-state index in [0.717, 1.165) is 70.1 Å². The molecule has 1 aromatic heterocycles. The first-order chi connectivity index (χ1) is 18.4. The first-order valence-electron chi connectivity index (χ1n) is 13.0. The van der Waals surface area contributed by atoms with Crippen molar-refractivity contribution in [3.05, 3.63) is 71.4 Å². The van der Waals surface area contributed by atoms with Crippen molar-refractivity contribution in [2.24, 2.45) is 5.92 Å². The summed E-state index contributed by atoms with van der Waals surface area (Å²) in [6.07, 6.45) is 5.52. The number of halogens is 4. The third-order valence-electron chi connectivity index (χ3n) is 7.53. The minimum atomic E-state index is -0.763. The van der Waals surface area contributed by atoms with Gasteiger partial charge in [0.15, 0.2) is 0 Å². The van der Waals surface area contributed by atoms with E-state index in [9.17, 15) is 22.7 Å². The van der Waals surface area contributed by atoms with Gasteiger partial charge in [0, 0.05) is 73.8 Å². The van der Waals surface area contributed by atoms with Crippen molar-refractivity contribution in [2.75, 3.05) is 43.0 Å². The average Bonchev–Trinajstić information content (AvgIpc) is 2.93. The Hall–Kier alpha value is -3.24. The highest BCUT2D eigenvalue weighted by atomic mass is 19.1. The normalized spacial score (nSPS) is 19.1. The quantitative estimate of drug-likeness (QED) is 0.421. The van der Waals surface area contributed by atoms with E-state index in [1.807, 2.05) is 0 Å². The molecule has 0 amide bonds. The number of benzene rings is 2. The molecule has 2 N–H and O–H groups in total. The number of likely N-dealkylation sites (tertiary alicyclic amines) is 1. The van der Waals surface area contributed by atoms with E-state index in [2.05, 4.69) is 25.1 Å². The molecule has 0 radical (unpaired) electrons. The van der Waals surface area contributed by atoms with Gasteiger partial charge in [0.1, 0.15) is 29.1 Å². The lowest BCUT2D eigenvalue weighted by Gasteiger charge is -2.42. The summed E-state index contributed by atoms with van der Waals surface area (Å²) in [5.41, 5.74) is 0.648. The van der Waals surface area contributed by atoms with E-state index in [4.69, 9.17) is 0 Å². The Morgan fingerprint density at radius 1 is 0.895 bits per heavy atom. The highest BCUT2D eigenvalue weighted by Crippen LogP contribution is 2.32. The van der Waals surface area contributed by atoms with Crippen LogP contribution < -0.4 is 10.2 Å². The molecule has 2 saturated heterocycles. The molecule has 2 aromatic carbocycles. The minimum absolute atomic E-state index is 0.0125. The van der Waals surface area contributed by atoms with Crippen molar-refractivity contribution in [3.63, 3.8) is 0 Å². The van der Waals surface area contributed by atoms with Crippen LogP contribution in [-0.4, -0.2) is 58.8 Å². The lowest BCUT2D eigenvalue weighted by molar-refractivity contribution is 0.0776. The fraction of sp³-hybridized carbons (Fsp3) is 0.429. The molecule has 0 spiro atoms. The van der Waals surface area contributed by atoms with Gasteiger partial charge in [-0.3, -0.25) is 4.90 Å². The van der Waals surface area contributed by atoms with Crippen LogP contribution in [0.4, 0.5) is 29.3 Å². The molecule has 2 aliphatic rings. The van der Waals surface area contributed by atoms with Gasteiger partial charge in [-0.2, -0.15) is 4.98 Å². The number of nitrogens with one attached hydrogen (secondary N) is 1. The van der Waals surface area contributed by atoms with Crippen LogP contribution in [0.1, 0.15) is 31.2 Å². The number of aliphatic hydroxyl groups excluding tert-OH is 1. The first kappa shape index (κ1) is 26.4. The topological polar surface area (TPSA) is 64.5 Å². The van der Waals surface area contributed by atoms with Crippen LogP contribution in [0.5, 0.6) is 0 Å². The fourth-order valence-corrected chi connectivity index (χ4v) is 5.42. The van der Waals surface area contributed by atoms with Gasteiger partial charge in [-0.15, -0.1) is 0 Å². The standard InChI is InChI=1S/C28H31F4N5O/c29-20-4-3-19(25(31)12-20)14-33-27-24(23-6-5-21(30)13-26(23)32)15-34-28(35-27)36-10-7-22(8-11-36)37-9-1-2-18(16-37)17-38/h3-6,12-13,15,18,22,38H,1-2,7-11,14,16-17H2,(H,33,34,35). The predicted molar refractivity (Wildman–Crippen MR) is 138 cm³/mol. The maximum absolute atomic E-state index is 14.7. The number of nitrogens with zero attached hydrogens (tertiary/aromatic N) is 4. The molecule has 0 saturated carbocycles. The zero-order valence-electron chi connectivity index (χ0n) is 21.0. The molecule has 3 aromatic rings. The van der Waals surface area contributed by atoms with Crippen LogP contribution in [0.15, 0.2) is 42.6 Å². The molecular weight excluding hydrogens is 498 g/mol. The largest absolute Gasteiger partial charge is 0.396 e. The summed E-state index contributed by atoms with van der Waals surface area (Å²) in [5.74, 6) is -1.77. The number of aliphatic hydroxyl groups is 1. The summed E-state index contributed by atoms with van der Waals surface area (Å²) in [5, 5.41) is 12.6. The van der Waals surface area contributed by atoms with Gasteiger partial charge in [-0.25, -0.2) is 22.5 Å². The van der Waals surface area contributed by atoms with E-state index in [1.165, 1.54) is 24.4 Å². The molecule has 0 bridgehead atoms. The molecule has 3 heterocycles. The van der Waals surface area contributed by atoms with E-state index in [-0.39, 0.29) is 30.1 Å². The molecular formula is C28H31F4N5O. The van der Waals surface area contributed by atoms with Crippen molar-refractivity contribution in [2.45, 2.75) is 38.3 Å². The first-order valence-corrected chi connectivity index (χ1v) is 13.0. The molecule has 6 nitrogen and oxygen atoms in total. The molecule has 1 atom stereocenters. The Morgan fingerprint density at radius 3 is 2.34 bits per heavy atom. The molecule has 5 rings (SSSR count). The lowest BCUT2D eigenvalue weighted by Crippen LogP contribution is -2.49. The fourth-order valence-electron chi connectivity index (χ4n) is 5.42. The van der Waals surface area contributed by atoms with Crippen molar-refractivity contribution >= 4 is 11.8 Å². The monoisotopic (exact) mass is 529 g/mol. The molecule has 2 aliphatic heterocycles. The summed E-state index contributed by atoms with van der Waals surface area (Å²) < 4.78 is 55.8. The maximum atomic E-state index is 14.7. The minimum Gasteiger partial charge on any atom is -0.396 e. The third kappa shape index (κ3) is 5.91. The van der Waals surface area contributed by atoms with Crippen molar-refractivity contribution in [1.29, 1.82) is 0 Å². The summed E-state index contributed by atoms with van der Waals surface area (Å²) in [6, 6.07) is 7.01. The van der Waals surface area contributed by atoms with Gasteiger partial charge in [-0.1, -0.05) is 6.07 Å². The van der Waals surface area contributed by atoms with E-state index in [1.54, 1.807) is 0 Å². The van der Waals surface area contributed by atoms with E-state index >= 15 is 0 Å². The zero-order valence-corrected chi connectivity index (χ0v) is 21.0. The Kier molecular flexibility index (Phi) is 8.09. The second kappa shape index (κ2) is 11.7. The predicted octanol–water partition coefficient (Wildman–Crippen LogP) is 4.99. The van der Waals surface area contributed by atoms with Gasteiger partial charge >= 0.3 is 0 Å². The molecule has 38 heavy (non-hydrogen) atoms. The second-order valence-corrected chi connectivity index (χ2v) is 10.0. The van der Waals surface area contributed by atoms with Gasteiger partial charge in [0.05, 0.1) is 0 Å². The lowest BCUT2D eigenvalue weighted by atomic mass is 9.94. The number of hydrogen-bond donors (Lipinski definition) is 2. The van der Waals surface area contributed by atoms with Crippen molar-refractivity contribution in [3.8, 4) is 11.1 Å². The smallest absolute Gasteiger partial charge is 0.227 e. The number of aromatic nitrogens is 2. The molecule has 202 valence electrons. The summed E-state index contributed by atoms with van der Waals surface area (Å²) in [4.78, 5) is 13.7. The zero-order chi connectivity index (χ0) is 26.6. The van der Waals surface area contributed by atoms with E-state index in [0.29, 0.717) is 23.5 Å². The molecule has 2 fully saturated rings. The highest BCUT2D eigenvalue weighted by molar-refractivity contribution is 5.75. The Balaban J connectivity index is 1.36. The highest BCUT2D eigenvalue weighted by Gasteiger charge is 2.29. The molecule has 1 unspecified atom stereocenters. The molecule has 0 aliphatic carbocycles. The SMILES string of the molecule is OCC1CCCN(C2CCN(c3ncc(-c4ccc(F)cc4F)c(NCc4ccc(F)cc4F)n3)CC2)C1. The number of piperidine rings is 2. The van der Waals surface area contributed by atoms with Crippen LogP contribution in [0.25, 0.3) is 11.1 Å². The Bertz CT molecular complexity index is 1270. The van der Waals surface area contributed by atoms with Gasteiger partial charge in [0.2, 0.25) is 5.95 Å².